The summed E-state index contributed by atoms with van der Waals surface area (Å²) in [6.45, 7) is 5.32. The van der Waals surface area contributed by atoms with Gasteiger partial charge in [-0.25, -0.2) is 0 Å². The van der Waals surface area contributed by atoms with Gasteiger partial charge in [0.15, 0.2) is 0 Å². The van der Waals surface area contributed by atoms with Crippen molar-refractivity contribution in [2.75, 3.05) is 24.2 Å². The molecule has 0 heterocycles. The zero-order valence-corrected chi connectivity index (χ0v) is 8.67. The number of benzene rings is 1. The van der Waals surface area contributed by atoms with Crippen LogP contribution in [0.3, 0.4) is 0 Å². The first-order valence-electron chi connectivity index (χ1n) is 4.71. The highest BCUT2D eigenvalue weighted by Crippen LogP contribution is 2.19. The highest BCUT2D eigenvalue weighted by atomic mass is 15.1. The van der Waals surface area contributed by atoms with E-state index in [0.717, 1.165) is 18.7 Å². The third-order valence-corrected chi connectivity index (χ3v) is 2.08. The van der Waals surface area contributed by atoms with E-state index < -0.39 is 0 Å². The Bertz CT molecular complexity index is 261. The van der Waals surface area contributed by atoms with Crippen molar-refractivity contribution in [3.05, 3.63) is 23.8 Å². The molecule has 0 spiro atoms. The normalized spacial score (nSPS) is 10.1. The van der Waals surface area contributed by atoms with Crippen LogP contribution in [0.25, 0.3) is 0 Å². The lowest BCUT2D eigenvalue weighted by molar-refractivity contribution is 0.852. The molecular weight excluding hydrogens is 160 g/mol. The molecule has 0 aliphatic rings. The lowest BCUT2D eigenvalue weighted by Crippen LogP contribution is -2.17. The molecule has 0 saturated heterocycles. The molecule has 0 fully saturated rings. The first-order chi connectivity index (χ1) is 6.13. The third-order valence-electron chi connectivity index (χ3n) is 2.08. The van der Waals surface area contributed by atoms with Crippen LogP contribution in [0.15, 0.2) is 18.2 Å². The number of nitrogens with zero attached hydrogens (tertiary/aromatic N) is 1. The molecule has 1 aromatic carbocycles. The lowest BCUT2D eigenvalue weighted by atomic mass is 10.2. The SMILES string of the molecule is CCCN(C)c1cc(C)cc(N)c1. The number of rotatable bonds is 3. The summed E-state index contributed by atoms with van der Waals surface area (Å²) in [5.74, 6) is 0. The lowest BCUT2D eigenvalue weighted by Gasteiger charge is -2.19. The molecule has 0 radical (unpaired) electrons. The second-order valence-electron chi connectivity index (χ2n) is 3.52. The van der Waals surface area contributed by atoms with Crippen molar-refractivity contribution < 1.29 is 0 Å². The molecule has 2 N–H and O–H groups in total. The first kappa shape index (κ1) is 9.90. The predicted molar refractivity (Wildman–Crippen MR) is 59.2 cm³/mol. The van der Waals surface area contributed by atoms with Gasteiger partial charge < -0.3 is 10.6 Å². The molecule has 0 aromatic heterocycles. The Labute approximate surface area is 80.4 Å². The van der Waals surface area contributed by atoms with Crippen molar-refractivity contribution in [1.29, 1.82) is 0 Å². The van der Waals surface area contributed by atoms with Gasteiger partial charge in [-0.3, -0.25) is 0 Å². The summed E-state index contributed by atoms with van der Waals surface area (Å²) < 4.78 is 0. The second kappa shape index (κ2) is 4.17. The van der Waals surface area contributed by atoms with Crippen LogP contribution in [0.1, 0.15) is 18.9 Å². The van der Waals surface area contributed by atoms with Gasteiger partial charge in [-0.15, -0.1) is 0 Å². The zero-order chi connectivity index (χ0) is 9.84. The van der Waals surface area contributed by atoms with Crippen LogP contribution in [0.4, 0.5) is 11.4 Å². The summed E-state index contributed by atoms with van der Waals surface area (Å²) in [6.07, 6.45) is 1.16. The van der Waals surface area contributed by atoms with Crippen LogP contribution in [0.5, 0.6) is 0 Å². The summed E-state index contributed by atoms with van der Waals surface area (Å²) in [7, 11) is 2.09. The van der Waals surface area contributed by atoms with Gasteiger partial charge in [0, 0.05) is 25.0 Å². The van der Waals surface area contributed by atoms with E-state index in [9.17, 15) is 0 Å². The molecular formula is C11H18N2. The van der Waals surface area contributed by atoms with E-state index in [1.54, 1.807) is 0 Å². The van der Waals surface area contributed by atoms with Gasteiger partial charge in [-0.2, -0.15) is 0 Å². The van der Waals surface area contributed by atoms with Gasteiger partial charge in [0.05, 0.1) is 0 Å². The number of nitrogen functional groups attached to an aromatic ring is 1. The van der Waals surface area contributed by atoms with Crippen molar-refractivity contribution in [3.63, 3.8) is 0 Å². The maximum Gasteiger partial charge on any atom is 0.0386 e. The van der Waals surface area contributed by atoms with Crippen molar-refractivity contribution in [2.24, 2.45) is 0 Å². The Morgan fingerprint density at radius 1 is 1.31 bits per heavy atom. The van der Waals surface area contributed by atoms with E-state index in [1.807, 2.05) is 12.1 Å². The van der Waals surface area contributed by atoms with Crippen molar-refractivity contribution in [3.8, 4) is 0 Å². The second-order valence-corrected chi connectivity index (χ2v) is 3.52. The summed E-state index contributed by atoms with van der Waals surface area (Å²) in [5, 5.41) is 0. The molecule has 0 saturated carbocycles. The van der Waals surface area contributed by atoms with Crippen LogP contribution in [0, 0.1) is 6.92 Å². The summed E-state index contributed by atoms with van der Waals surface area (Å²) in [4.78, 5) is 2.23. The number of hydrogen-bond donors (Lipinski definition) is 1. The Balaban J connectivity index is 2.87. The molecule has 72 valence electrons. The minimum Gasteiger partial charge on any atom is -0.399 e. The topological polar surface area (TPSA) is 29.3 Å². The number of anilines is 2. The maximum atomic E-state index is 5.77. The molecule has 0 amide bonds. The van der Waals surface area contributed by atoms with Crippen LogP contribution in [0.2, 0.25) is 0 Å². The minimum atomic E-state index is 0.845. The van der Waals surface area contributed by atoms with Gasteiger partial charge in [-0.05, 0) is 37.1 Å². The average molecular weight is 178 g/mol. The fraction of sp³-hybridized carbons (Fsp3) is 0.455. The molecule has 0 aliphatic heterocycles. The number of aryl methyl sites for hydroxylation is 1. The molecule has 0 aliphatic carbocycles. The van der Waals surface area contributed by atoms with E-state index in [0.29, 0.717) is 0 Å². The van der Waals surface area contributed by atoms with Crippen molar-refractivity contribution in [2.45, 2.75) is 20.3 Å². The van der Waals surface area contributed by atoms with Crippen LogP contribution >= 0.6 is 0 Å². The molecule has 13 heavy (non-hydrogen) atoms. The van der Waals surface area contributed by atoms with Gasteiger partial charge in [0.25, 0.3) is 0 Å². The fourth-order valence-electron chi connectivity index (χ4n) is 1.48. The largest absolute Gasteiger partial charge is 0.399 e. The Morgan fingerprint density at radius 2 is 2.00 bits per heavy atom. The Kier molecular flexibility index (Phi) is 3.18. The van der Waals surface area contributed by atoms with Gasteiger partial charge in [-0.1, -0.05) is 6.92 Å². The van der Waals surface area contributed by atoms with Gasteiger partial charge in [0.1, 0.15) is 0 Å². The Hall–Kier alpha value is -1.18. The van der Waals surface area contributed by atoms with Crippen molar-refractivity contribution >= 4 is 11.4 Å². The molecule has 1 aromatic rings. The number of nitrogens with two attached hydrogens (primary N) is 1. The standard InChI is InChI=1S/C11H18N2/c1-4-5-13(3)11-7-9(2)6-10(12)8-11/h6-8H,4-5,12H2,1-3H3. The summed E-state index contributed by atoms with van der Waals surface area (Å²) >= 11 is 0. The van der Waals surface area contributed by atoms with E-state index in [1.165, 1.54) is 11.3 Å². The molecule has 0 unspecified atom stereocenters. The smallest absolute Gasteiger partial charge is 0.0386 e. The van der Waals surface area contributed by atoms with E-state index in [-0.39, 0.29) is 0 Å². The molecule has 1 rings (SSSR count). The first-order valence-corrected chi connectivity index (χ1v) is 4.71. The van der Waals surface area contributed by atoms with Crippen LogP contribution < -0.4 is 10.6 Å². The predicted octanol–water partition coefficient (Wildman–Crippen LogP) is 2.42. The number of hydrogen-bond acceptors (Lipinski definition) is 2. The third kappa shape index (κ3) is 2.65. The summed E-state index contributed by atoms with van der Waals surface area (Å²) in [6, 6.07) is 6.16. The van der Waals surface area contributed by atoms with Crippen molar-refractivity contribution in [1.82, 2.24) is 0 Å². The fourth-order valence-corrected chi connectivity index (χ4v) is 1.48. The Morgan fingerprint density at radius 3 is 2.54 bits per heavy atom. The van der Waals surface area contributed by atoms with E-state index in [2.05, 4.69) is 31.9 Å². The molecule has 2 nitrogen and oxygen atoms in total. The highest BCUT2D eigenvalue weighted by Gasteiger charge is 2.00. The molecule has 0 atom stereocenters. The molecule has 2 heteroatoms. The zero-order valence-electron chi connectivity index (χ0n) is 8.67. The molecule has 0 bridgehead atoms. The van der Waals surface area contributed by atoms with Crippen LogP contribution in [-0.2, 0) is 0 Å². The van der Waals surface area contributed by atoms with Gasteiger partial charge >= 0.3 is 0 Å². The maximum absolute atomic E-state index is 5.77. The van der Waals surface area contributed by atoms with E-state index in [4.69, 9.17) is 5.73 Å². The van der Waals surface area contributed by atoms with E-state index >= 15 is 0 Å². The van der Waals surface area contributed by atoms with Crippen LogP contribution in [-0.4, -0.2) is 13.6 Å². The summed E-state index contributed by atoms with van der Waals surface area (Å²) in [5.41, 5.74) is 9.04. The van der Waals surface area contributed by atoms with Gasteiger partial charge in [0.2, 0.25) is 0 Å². The average Bonchev–Trinajstić information content (AvgIpc) is 2.03. The monoisotopic (exact) mass is 178 g/mol. The quantitative estimate of drug-likeness (QED) is 0.720. The minimum absolute atomic E-state index is 0.845. The highest BCUT2D eigenvalue weighted by molar-refractivity contribution is 5.57.